The number of nitrogens with one attached hydrogen (secondary N) is 2. The first kappa shape index (κ1) is 17.0. The number of nitro benzene ring substituents is 1. The molecule has 3 rings (SSSR count). The maximum absolute atomic E-state index is 11.6. The number of anilines is 1. The zero-order chi connectivity index (χ0) is 18.0. The summed E-state index contributed by atoms with van der Waals surface area (Å²) < 4.78 is 23.1. The number of sulfone groups is 1. The monoisotopic (exact) mass is 359 g/mol. The Morgan fingerprint density at radius 1 is 1.20 bits per heavy atom. The van der Waals surface area contributed by atoms with Crippen LogP contribution in [0.3, 0.4) is 0 Å². The van der Waals surface area contributed by atoms with Crippen LogP contribution in [0.4, 0.5) is 11.4 Å². The standard InChI is InChI=1S/C17H17N3O4S/c1-25(23,24)13-6-7-16(17(10-13)20(21)22)18-9-8-12-11-19-15-5-3-2-4-14(12)15/h2-7,10-11,18-19H,8-9H2,1H3. The molecule has 0 amide bonds. The van der Waals surface area contributed by atoms with E-state index in [0.29, 0.717) is 18.7 Å². The molecule has 0 radical (unpaired) electrons. The van der Waals surface area contributed by atoms with Crippen LogP contribution in [-0.4, -0.2) is 31.1 Å². The minimum absolute atomic E-state index is 0.0682. The number of nitro groups is 1. The lowest BCUT2D eigenvalue weighted by Gasteiger charge is -2.08. The fourth-order valence-corrected chi connectivity index (χ4v) is 3.35. The third-order valence-corrected chi connectivity index (χ3v) is 5.09. The Morgan fingerprint density at radius 3 is 2.68 bits per heavy atom. The highest BCUT2D eigenvalue weighted by Crippen LogP contribution is 2.27. The Hall–Kier alpha value is -2.87. The summed E-state index contributed by atoms with van der Waals surface area (Å²) >= 11 is 0. The zero-order valence-electron chi connectivity index (χ0n) is 13.5. The van der Waals surface area contributed by atoms with Gasteiger partial charge < -0.3 is 10.3 Å². The summed E-state index contributed by atoms with van der Waals surface area (Å²) in [7, 11) is -3.49. The number of aromatic nitrogens is 1. The van der Waals surface area contributed by atoms with Gasteiger partial charge in [0.25, 0.3) is 5.69 Å². The molecule has 0 bridgehead atoms. The van der Waals surface area contributed by atoms with Gasteiger partial charge >= 0.3 is 0 Å². The van der Waals surface area contributed by atoms with Crippen molar-refractivity contribution < 1.29 is 13.3 Å². The predicted octanol–water partition coefficient (Wildman–Crippen LogP) is 3.13. The van der Waals surface area contributed by atoms with Gasteiger partial charge in [0, 0.05) is 36.0 Å². The second-order valence-electron chi connectivity index (χ2n) is 5.74. The van der Waals surface area contributed by atoms with Gasteiger partial charge in [0.2, 0.25) is 0 Å². The highest BCUT2D eigenvalue weighted by molar-refractivity contribution is 7.90. The second-order valence-corrected chi connectivity index (χ2v) is 7.76. The molecule has 3 aromatic rings. The molecule has 0 atom stereocenters. The van der Waals surface area contributed by atoms with Gasteiger partial charge in [-0.1, -0.05) is 18.2 Å². The summed E-state index contributed by atoms with van der Waals surface area (Å²) in [4.78, 5) is 13.8. The number of H-pyrrole nitrogens is 1. The molecule has 0 aliphatic carbocycles. The Bertz CT molecular complexity index is 1040. The third-order valence-electron chi connectivity index (χ3n) is 3.98. The molecule has 25 heavy (non-hydrogen) atoms. The first-order chi connectivity index (χ1) is 11.9. The summed E-state index contributed by atoms with van der Waals surface area (Å²) in [6.45, 7) is 0.487. The van der Waals surface area contributed by atoms with Gasteiger partial charge in [-0.05, 0) is 30.2 Å². The number of aromatic amines is 1. The number of rotatable bonds is 6. The van der Waals surface area contributed by atoms with Crippen LogP contribution in [0, 0.1) is 10.1 Å². The van der Waals surface area contributed by atoms with Crippen LogP contribution in [0.5, 0.6) is 0 Å². The van der Waals surface area contributed by atoms with E-state index in [4.69, 9.17) is 0 Å². The molecule has 0 unspecified atom stereocenters. The van der Waals surface area contributed by atoms with Gasteiger partial charge in [-0.25, -0.2) is 8.42 Å². The number of hydrogen-bond acceptors (Lipinski definition) is 5. The first-order valence-corrected chi connectivity index (χ1v) is 9.53. The average Bonchev–Trinajstić information content (AvgIpc) is 2.97. The molecule has 7 nitrogen and oxygen atoms in total. The first-order valence-electron chi connectivity index (χ1n) is 7.63. The smallest absolute Gasteiger partial charge is 0.293 e. The van der Waals surface area contributed by atoms with Gasteiger partial charge in [-0.3, -0.25) is 10.1 Å². The molecule has 0 fully saturated rings. The minimum atomic E-state index is -3.49. The van der Waals surface area contributed by atoms with Crippen molar-refractivity contribution in [1.29, 1.82) is 0 Å². The number of para-hydroxylation sites is 1. The Morgan fingerprint density at radius 2 is 1.96 bits per heavy atom. The van der Waals surface area contributed by atoms with Gasteiger partial charge in [-0.2, -0.15) is 0 Å². The van der Waals surface area contributed by atoms with Crippen molar-refractivity contribution in [3.8, 4) is 0 Å². The summed E-state index contributed by atoms with van der Waals surface area (Å²) in [6, 6.07) is 11.8. The van der Waals surface area contributed by atoms with Crippen LogP contribution < -0.4 is 5.32 Å². The third kappa shape index (κ3) is 3.63. The van der Waals surface area contributed by atoms with Crippen molar-refractivity contribution in [2.45, 2.75) is 11.3 Å². The maximum atomic E-state index is 11.6. The average molecular weight is 359 g/mol. The molecule has 0 aliphatic heterocycles. The number of nitrogens with zero attached hydrogens (tertiary/aromatic N) is 1. The molecule has 0 saturated heterocycles. The van der Waals surface area contributed by atoms with Gasteiger partial charge in [0.05, 0.1) is 9.82 Å². The highest BCUT2D eigenvalue weighted by atomic mass is 32.2. The molecule has 130 valence electrons. The van der Waals surface area contributed by atoms with E-state index in [-0.39, 0.29) is 10.6 Å². The maximum Gasteiger partial charge on any atom is 0.293 e. The minimum Gasteiger partial charge on any atom is -0.379 e. The van der Waals surface area contributed by atoms with Crippen molar-refractivity contribution >= 4 is 32.1 Å². The Balaban J connectivity index is 1.78. The van der Waals surface area contributed by atoms with Crippen LogP contribution in [-0.2, 0) is 16.3 Å². The normalized spacial score (nSPS) is 11.6. The van der Waals surface area contributed by atoms with Crippen molar-refractivity contribution in [2.24, 2.45) is 0 Å². The SMILES string of the molecule is CS(=O)(=O)c1ccc(NCCc2c[nH]c3ccccc23)c([N+](=O)[O-])c1. The van der Waals surface area contributed by atoms with E-state index < -0.39 is 14.8 Å². The van der Waals surface area contributed by atoms with E-state index in [1.165, 1.54) is 12.1 Å². The van der Waals surface area contributed by atoms with Crippen LogP contribution in [0.15, 0.2) is 53.6 Å². The van der Waals surface area contributed by atoms with Crippen LogP contribution >= 0.6 is 0 Å². The van der Waals surface area contributed by atoms with Crippen molar-refractivity contribution in [3.05, 3.63) is 64.3 Å². The quantitative estimate of drug-likeness (QED) is 0.520. The van der Waals surface area contributed by atoms with Gasteiger partial charge in [0.1, 0.15) is 5.69 Å². The molecule has 2 aromatic carbocycles. The lowest BCUT2D eigenvalue weighted by molar-refractivity contribution is -0.384. The second kappa shape index (κ2) is 6.56. The van der Waals surface area contributed by atoms with E-state index in [1.54, 1.807) is 0 Å². The lowest BCUT2D eigenvalue weighted by atomic mass is 10.1. The molecular formula is C17H17N3O4S. The Kier molecular flexibility index (Phi) is 4.45. The number of hydrogen-bond donors (Lipinski definition) is 2. The van der Waals surface area contributed by atoms with Crippen molar-refractivity contribution in [2.75, 3.05) is 18.1 Å². The van der Waals surface area contributed by atoms with E-state index in [9.17, 15) is 18.5 Å². The molecule has 0 spiro atoms. The van der Waals surface area contributed by atoms with Gasteiger partial charge in [0.15, 0.2) is 9.84 Å². The topological polar surface area (TPSA) is 105 Å². The summed E-state index contributed by atoms with van der Waals surface area (Å²) in [5.74, 6) is 0. The summed E-state index contributed by atoms with van der Waals surface area (Å²) in [5, 5.41) is 15.4. The number of fused-ring (bicyclic) bond motifs is 1. The summed E-state index contributed by atoms with van der Waals surface area (Å²) in [6.07, 6.45) is 3.62. The lowest BCUT2D eigenvalue weighted by Crippen LogP contribution is -2.08. The van der Waals surface area contributed by atoms with Crippen molar-refractivity contribution in [3.63, 3.8) is 0 Å². The molecule has 2 N–H and O–H groups in total. The van der Waals surface area contributed by atoms with Crippen LogP contribution in [0.2, 0.25) is 0 Å². The van der Waals surface area contributed by atoms with Gasteiger partial charge in [-0.15, -0.1) is 0 Å². The highest BCUT2D eigenvalue weighted by Gasteiger charge is 2.18. The molecule has 0 aliphatic rings. The van der Waals surface area contributed by atoms with E-state index in [1.807, 2.05) is 30.5 Å². The fraction of sp³-hybridized carbons (Fsp3) is 0.176. The van der Waals surface area contributed by atoms with Crippen LogP contribution in [0.25, 0.3) is 10.9 Å². The molecular weight excluding hydrogens is 342 g/mol. The van der Waals surface area contributed by atoms with Crippen LogP contribution in [0.1, 0.15) is 5.56 Å². The molecule has 1 aromatic heterocycles. The van der Waals surface area contributed by atoms with Crippen molar-refractivity contribution in [1.82, 2.24) is 4.98 Å². The zero-order valence-corrected chi connectivity index (χ0v) is 14.3. The molecule has 1 heterocycles. The number of benzene rings is 2. The van der Waals surface area contributed by atoms with E-state index in [2.05, 4.69) is 10.3 Å². The Labute approximate surface area is 144 Å². The van der Waals surface area contributed by atoms with E-state index >= 15 is 0 Å². The summed E-state index contributed by atoms with van der Waals surface area (Å²) in [5.41, 5.74) is 2.21. The molecule has 8 heteroatoms. The predicted molar refractivity (Wildman–Crippen MR) is 96.7 cm³/mol. The van der Waals surface area contributed by atoms with E-state index in [0.717, 1.165) is 28.8 Å². The fourth-order valence-electron chi connectivity index (χ4n) is 2.71. The largest absolute Gasteiger partial charge is 0.379 e. The molecule has 0 saturated carbocycles.